The van der Waals surface area contributed by atoms with E-state index in [1.54, 1.807) is 0 Å². The molecule has 0 aromatic rings. The zero-order chi connectivity index (χ0) is 6.41. The Morgan fingerprint density at radius 3 is 2.00 bits per heavy atom. The maximum atomic E-state index is 8.74. The van der Waals surface area contributed by atoms with Gasteiger partial charge in [0.25, 0.3) is 0 Å². The smallest absolute Gasteiger partial charge is 0.0888 e. The van der Waals surface area contributed by atoms with E-state index in [-0.39, 0.29) is 15.3 Å². The lowest BCUT2D eigenvalue weighted by Crippen LogP contribution is -2.07. The summed E-state index contributed by atoms with van der Waals surface area (Å²) >= 11 is 6.85. The average molecular weight is 244 g/mol. The van der Waals surface area contributed by atoms with E-state index in [2.05, 4.69) is 31.9 Å². The Morgan fingerprint density at radius 1 is 1.62 bits per heavy atom. The van der Waals surface area contributed by atoms with Crippen LogP contribution in [0.4, 0.5) is 0 Å². The molecule has 1 saturated carbocycles. The predicted molar refractivity (Wildman–Crippen MR) is 40.4 cm³/mol. The maximum absolute atomic E-state index is 8.74. The Kier molecular flexibility index (Phi) is 1.50. The van der Waals surface area contributed by atoms with Crippen LogP contribution in [0.2, 0.25) is 0 Å². The van der Waals surface area contributed by atoms with Gasteiger partial charge in [-0.05, 0) is 6.42 Å². The van der Waals surface area contributed by atoms with Gasteiger partial charge in [0.05, 0.1) is 9.84 Å². The van der Waals surface area contributed by atoms with E-state index in [4.69, 9.17) is 5.11 Å². The molecule has 1 fully saturated rings. The fraction of sp³-hybridized carbons (Fsp3) is 1.00. The van der Waals surface area contributed by atoms with E-state index in [1.165, 1.54) is 0 Å². The molecule has 1 N–H and O–H groups in total. The quantitative estimate of drug-likeness (QED) is 0.698. The van der Waals surface area contributed by atoms with E-state index < -0.39 is 0 Å². The largest absolute Gasteiger partial charge is 0.396 e. The molecule has 8 heavy (non-hydrogen) atoms. The van der Waals surface area contributed by atoms with Crippen molar-refractivity contribution in [3.8, 4) is 0 Å². The molecule has 0 bridgehead atoms. The van der Waals surface area contributed by atoms with Gasteiger partial charge in [-0.3, -0.25) is 0 Å². The molecule has 0 heterocycles. The van der Waals surface area contributed by atoms with Gasteiger partial charge in [0.1, 0.15) is 0 Å². The molecule has 1 unspecified atom stereocenters. The van der Waals surface area contributed by atoms with E-state index in [9.17, 15) is 0 Å². The molecule has 1 aliphatic rings. The summed E-state index contributed by atoms with van der Waals surface area (Å²) < 4.78 is 0.0295. The molecular weight excluding hydrogens is 236 g/mol. The van der Waals surface area contributed by atoms with Crippen LogP contribution in [-0.2, 0) is 0 Å². The molecule has 0 aromatic carbocycles. The van der Waals surface area contributed by atoms with E-state index in [0.717, 1.165) is 6.42 Å². The standard InChI is InChI=1S/C5H8Br2O/c1-4(3-8)2-5(4,6)7/h8H,2-3H2,1H3. The molecule has 3 heteroatoms. The normalized spacial score (nSPS) is 42.0. The minimum atomic E-state index is 0.0295. The van der Waals surface area contributed by atoms with Gasteiger partial charge in [-0.25, -0.2) is 0 Å². The summed E-state index contributed by atoms with van der Waals surface area (Å²) in [4.78, 5) is 0. The van der Waals surface area contributed by atoms with Crippen LogP contribution in [-0.4, -0.2) is 14.9 Å². The molecule has 1 nitrogen and oxygen atoms in total. The third-order valence-corrected chi connectivity index (χ3v) is 4.19. The van der Waals surface area contributed by atoms with Crippen molar-refractivity contribution in [3.05, 3.63) is 0 Å². The first kappa shape index (κ1) is 7.03. The van der Waals surface area contributed by atoms with Gasteiger partial charge in [0, 0.05) is 5.41 Å². The zero-order valence-corrected chi connectivity index (χ0v) is 7.79. The first-order valence-electron chi connectivity index (χ1n) is 2.50. The van der Waals surface area contributed by atoms with Gasteiger partial charge in [0.2, 0.25) is 0 Å². The molecule has 0 radical (unpaired) electrons. The summed E-state index contributed by atoms with van der Waals surface area (Å²) in [7, 11) is 0. The number of aliphatic hydroxyl groups excluding tert-OH is 1. The van der Waals surface area contributed by atoms with Crippen LogP contribution in [0, 0.1) is 5.41 Å². The van der Waals surface area contributed by atoms with Crippen LogP contribution in [0.3, 0.4) is 0 Å². The van der Waals surface area contributed by atoms with Crippen LogP contribution in [0.15, 0.2) is 0 Å². The summed E-state index contributed by atoms with van der Waals surface area (Å²) in [6.07, 6.45) is 1.01. The summed E-state index contributed by atoms with van der Waals surface area (Å²) in [5.74, 6) is 0. The van der Waals surface area contributed by atoms with Crippen molar-refractivity contribution in [2.45, 2.75) is 16.6 Å². The fourth-order valence-electron chi connectivity index (χ4n) is 0.617. The van der Waals surface area contributed by atoms with Crippen molar-refractivity contribution in [2.75, 3.05) is 6.61 Å². The van der Waals surface area contributed by atoms with Crippen molar-refractivity contribution in [3.63, 3.8) is 0 Å². The van der Waals surface area contributed by atoms with Gasteiger partial charge in [0.15, 0.2) is 0 Å². The van der Waals surface area contributed by atoms with Crippen molar-refractivity contribution >= 4 is 31.9 Å². The van der Waals surface area contributed by atoms with Crippen LogP contribution in [0.1, 0.15) is 13.3 Å². The molecule has 0 spiro atoms. The van der Waals surface area contributed by atoms with E-state index in [0.29, 0.717) is 0 Å². The first-order chi connectivity index (χ1) is 3.52. The lowest BCUT2D eigenvalue weighted by molar-refractivity contribution is 0.224. The number of aliphatic hydroxyl groups is 1. The second kappa shape index (κ2) is 1.70. The Labute approximate surface area is 65.7 Å². The van der Waals surface area contributed by atoms with Crippen molar-refractivity contribution < 1.29 is 5.11 Å². The second-order valence-corrected chi connectivity index (χ2v) is 6.37. The Morgan fingerprint density at radius 2 is 2.00 bits per heavy atom. The highest BCUT2D eigenvalue weighted by Gasteiger charge is 2.61. The maximum Gasteiger partial charge on any atom is 0.0888 e. The van der Waals surface area contributed by atoms with Crippen molar-refractivity contribution in [1.82, 2.24) is 0 Å². The number of alkyl halides is 2. The summed E-state index contributed by atoms with van der Waals surface area (Å²) in [5, 5.41) is 8.74. The molecule has 0 saturated heterocycles. The Bertz CT molecular complexity index is 113. The van der Waals surface area contributed by atoms with Crippen LogP contribution in [0.25, 0.3) is 0 Å². The zero-order valence-electron chi connectivity index (χ0n) is 4.62. The molecule has 1 atom stereocenters. The third kappa shape index (κ3) is 0.847. The lowest BCUT2D eigenvalue weighted by Gasteiger charge is -2.05. The monoisotopic (exact) mass is 242 g/mol. The highest BCUT2D eigenvalue weighted by molar-refractivity contribution is 9.25. The first-order valence-corrected chi connectivity index (χ1v) is 4.09. The van der Waals surface area contributed by atoms with Gasteiger partial charge < -0.3 is 5.11 Å². The summed E-state index contributed by atoms with van der Waals surface area (Å²) in [6, 6.07) is 0. The van der Waals surface area contributed by atoms with E-state index in [1.807, 2.05) is 6.92 Å². The third-order valence-electron chi connectivity index (χ3n) is 1.72. The number of hydrogen-bond acceptors (Lipinski definition) is 1. The van der Waals surface area contributed by atoms with Gasteiger partial charge in [-0.15, -0.1) is 0 Å². The SMILES string of the molecule is CC1(CO)CC1(Br)Br. The van der Waals surface area contributed by atoms with Gasteiger partial charge in [-0.2, -0.15) is 0 Å². The Hall–Kier alpha value is 0.920. The molecule has 48 valence electrons. The highest BCUT2D eigenvalue weighted by Crippen LogP contribution is 2.65. The summed E-state index contributed by atoms with van der Waals surface area (Å²) in [5.41, 5.74) is 0.0764. The summed E-state index contributed by atoms with van der Waals surface area (Å²) in [6.45, 7) is 2.29. The molecule has 0 amide bonds. The fourth-order valence-corrected chi connectivity index (χ4v) is 2.11. The van der Waals surface area contributed by atoms with Crippen LogP contribution in [0.5, 0.6) is 0 Å². The Balaban J connectivity index is 2.55. The number of hydrogen-bond donors (Lipinski definition) is 1. The highest BCUT2D eigenvalue weighted by atomic mass is 79.9. The van der Waals surface area contributed by atoms with Crippen LogP contribution < -0.4 is 0 Å². The lowest BCUT2D eigenvalue weighted by atomic mass is 10.2. The van der Waals surface area contributed by atoms with E-state index >= 15 is 0 Å². The van der Waals surface area contributed by atoms with Crippen molar-refractivity contribution in [1.29, 1.82) is 0 Å². The average Bonchev–Trinajstić information content (AvgIpc) is 2.10. The van der Waals surface area contributed by atoms with Crippen LogP contribution >= 0.6 is 31.9 Å². The molecular formula is C5H8Br2O. The van der Waals surface area contributed by atoms with Crippen molar-refractivity contribution in [2.24, 2.45) is 5.41 Å². The minimum Gasteiger partial charge on any atom is -0.396 e. The van der Waals surface area contributed by atoms with Gasteiger partial charge in [-0.1, -0.05) is 38.8 Å². The number of halogens is 2. The molecule has 0 aliphatic heterocycles. The topological polar surface area (TPSA) is 20.2 Å². The predicted octanol–water partition coefficient (Wildman–Crippen LogP) is 1.87. The molecule has 1 rings (SSSR count). The minimum absolute atomic E-state index is 0.0295. The molecule has 0 aromatic heterocycles. The van der Waals surface area contributed by atoms with Gasteiger partial charge >= 0.3 is 0 Å². The number of rotatable bonds is 1. The molecule has 1 aliphatic carbocycles. The second-order valence-electron chi connectivity index (χ2n) is 2.60.